The van der Waals surface area contributed by atoms with Crippen LogP contribution in [0.2, 0.25) is 0 Å². The van der Waals surface area contributed by atoms with Gasteiger partial charge in [0.2, 0.25) is 5.91 Å². The maximum atomic E-state index is 12.3. The van der Waals surface area contributed by atoms with E-state index in [-0.39, 0.29) is 12.8 Å². The number of aliphatic hydroxyl groups is 1. The molecule has 0 radical (unpaired) electrons. The molecule has 0 unspecified atom stereocenters. The highest BCUT2D eigenvalue weighted by atomic mass is 19.1. The van der Waals surface area contributed by atoms with Crippen LogP contribution in [0.4, 0.5) is 4.39 Å². The average molecular weight is 162 g/mol. The molecule has 1 saturated carbocycles. The Morgan fingerprint density at radius 1 is 1.73 bits per heavy atom. The summed E-state index contributed by atoms with van der Waals surface area (Å²) in [5.41, 5.74) is 9.11. The summed E-state index contributed by atoms with van der Waals surface area (Å²) in [6.07, 6.45) is -2.41. The first-order valence-electron chi connectivity index (χ1n) is 3.36. The van der Waals surface area contributed by atoms with Crippen LogP contribution >= 0.6 is 0 Å². The lowest BCUT2D eigenvalue weighted by atomic mass is 9.72. The van der Waals surface area contributed by atoms with Crippen molar-refractivity contribution in [1.82, 2.24) is 0 Å². The standard InChI is InChI=1S/C6H11FN2O2/c7-3-1-6(9,2-3)4(10)5(8)11/h3-4,10H,1-2,9H2,(H2,8,11)/t3?,4-,6?/m1/s1. The Balaban J connectivity index is 2.54. The van der Waals surface area contributed by atoms with Crippen molar-refractivity contribution in [3.63, 3.8) is 0 Å². The lowest BCUT2D eigenvalue weighted by Crippen LogP contribution is -2.64. The Bertz CT molecular complexity index is 179. The van der Waals surface area contributed by atoms with E-state index < -0.39 is 23.7 Å². The predicted molar refractivity (Wildman–Crippen MR) is 36.2 cm³/mol. The Labute approximate surface area is 63.4 Å². The number of carbonyl (C=O) groups excluding carboxylic acids is 1. The third-order valence-corrected chi connectivity index (χ3v) is 2.02. The van der Waals surface area contributed by atoms with Gasteiger partial charge in [-0.1, -0.05) is 0 Å². The molecule has 1 aliphatic carbocycles. The van der Waals surface area contributed by atoms with E-state index >= 15 is 0 Å². The SMILES string of the molecule is NC(=O)[C@@H](O)C1(N)CC(F)C1. The maximum absolute atomic E-state index is 12.3. The van der Waals surface area contributed by atoms with E-state index in [0.29, 0.717) is 0 Å². The number of hydrogen-bond donors (Lipinski definition) is 3. The zero-order valence-corrected chi connectivity index (χ0v) is 5.96. The number of carbonyl (C=O) groups is 1. The summed E-state index contributed by atoms with van der Waals surface area (Å²) in [4.78, 5) is 10.4. The molecule has 0 aromatic carbocycles. The van der Waals surface area contributed by atoms with Crippen LogP contribution in [0.15, 0.2) is 0 Å². The minimum absolute atomic E-state index is 0.0110. The molecule has 1 rings (SSSR count). The molecule has 0 bridgehead atoms. The second-order valence-corrected chi connectivity index (χ2v) is 3.04. The van der Waals surface area contributed by atoms with Crippen molar-refractivity contribution in [1.29, 1.82) is 0 Å². The van der Waals surface area contributed by atoms with E-state index in [2.05, 4.69) is 0 Å². The Kier molecular flexibility index (Phi) is 1.85. The minimum atomic E-state index is -1.42. The summed E-state index contributed by atoms with van der Waals surface area (Å²) in [7, 11) is 0. The molecule has 1 atom stereocenters. The van der Waals surface area contributed by atoms with Crippen LogP contribution in [0.25, 0.3) is 0 Å². The van der Waals surface area contributed by atoms with Gasteiger partial charge in [-0.25, -0.2) is 4.39 Å². The number of amides is 1. The summed E-state index contributed by atoms with van der Waals surface area (Å²) in [5.74, 6) is -0.889. The Hall–Kier alpha value is -0.680. The van der Waals surface area contributed by atoms with Gasteiger partial charge in [-0.05, 0) is 12.8 Å². The summed E-state index contributed by atoms with van der Waals surface area (Å²) < 4.78 is 12.3. The van der Waals surface area contributed by atoms with Gasteiger partial charge in [0.05, 0.1) is 5.54 Å². The van der Waals surface area contributed by atoms with Gasteiger partial charge in [0.1, 0.15) is 6.17 Å². The molecule has 1 amide bonds. The first-order valence-corrected chi connectivity index (χ1v) is 3.36. The summed E-state index contributed by atoms with van der Waals surface area (Å²) in [5, 5.41) is 9.06. The minimum Gasteiger partial charge on any atom is -0.381 e. The van der Waals surface area contributed by atoms with E-state index in [1.807, 2.05) is 0 Å². The van der Waals surface area contributed by atoms with Crippen molar-refractivity contribution < 1.29 is 14.3 Å². The number of primary amides is 1. The first kappa shape index (κ1) is 8.42. The van der Waals surface area contributed by atoms with Crippen molar-refractivity contribution in [3.8, 4) is 0 Å². The predicted octanol–water partition coefficient (Wildman–Crippen LogP) is -1.34. The first-order chi connectivity index (χ1) is 4.96. The molecule has 5 heteroatoms. The molecule has 64 valence electrons. The molecule has 1 fully saturated rings. The molecule has 0 aromatic heterocycles. The molecule has 0 saturated heterocycles. The third kappa shape index (κ3) is 1.34. The number of rotatable bonds is 2. The van der Waals surface area contributed by atoms with Crippen LogP contribution in [-0.4, -0.2) is 28.8 Å². The van der Waals surface area contributed by atoms with Gasteiger partial charge in [0.25, 0.3) is 0 Å². The van der Waals surface area contributed by atoms with Gasteiger partial charge in [0, 0.05) is 0 Å². The Morgan fingerprint density at radius 3 is 2.45 bits per heavy atom. The molecule has 5 N–H and O–H groups in total. The quantitative estimate of drug-likeness (QED) is 0.469. The van der Waals surface area contributed by atoms with Crippen molar-refractivity contribution >= 4 is 5.91 Å². The van der Waals surface area contributed by atoms with Gasteiger partial charge in [0.15, 0.2) is 6.10 Å². The van der Waals surface area contributed by atoms with Gasteiger partial charge in [-0.2, -0.15) is 0 Å². The Morgan fingerprint density at radius 2 is 2.18 bits per heavy atom. The van der Waals surface area contributed by atoms with Gasteiger partial charge in [-0.3, -0.25) is 4.79 Å². The molecule has 0 heterocycles. The van der Waals surface area contributed by atoms with E-state index in [9.17, 15) is 9.18 Å². The molecular formula is C6H11FN2O2. The summed E-state index contributed by atoms with van der Waals surface area (Å²) in [6.45, 7) is 0. The fraction of sp³-hybridized carbons (Fsp3) is 0.833. The molecular weight excluding hydrogens is 151 g/mol. The maximum Gasteiger partial charge on any atom is 0.248 e. The fourth-order valence-corrected chi connectivity index (χ4v) is 1.27. The molecule has 0 aliphatic heterocycles. The second-order valence-electron chi connectivity index (χ2n) is 3.04. The third-order valence-electron chi connectivity index (χ3n) is 2.02. The lowest BCUT2D eigenvalue weighted by Gasteiger charge is -2.42. The highest BCUT2D eigenvalue weighted by molar-refractivity contribution is 5.80. The average Bonchev–Trinajstić information content (AvgIpc) is 1.83. The van der Waals surface area contributed by atoms with E-state index in [1.54, 1.807) is 0 Å². The monoisotopic (exact) mass is 162 g/mol. The molecule has 4 nitrogen and oxygen atoms in total. The number of hydrogen-bond acceptors (Lipinski definition) is 3. The zero-order chi connectivity index (χ0) is 8.65. The van der Waals surface area contributed by atoms with Crippen LogP contribution in [0.5, 0.6) is 0 Å². The van der Waals surface area contributed by atoms with Crippen LogP contribution in [0, 0.1) is 0 Å². The van der Waals surface area contributed by atoms with Crippen LogP contribution < -0.4 is 11.5 Å². The fourth-order valence-electron chi connectivity index (χ4n) is 1.27. The highest BCUT2D eigenvalue weighted by Crippen LogP contribution is 2.34. The topological polar surface area (TPSA) is 89.3 Å². The van der Waals surface area contributed by atoms with Crippen LogP contribution in [0.3, 0.4) is 0 Å². The largest absolute Gasteiger partial charge is 0.381 e. The number of alkyl halides is 1. The number of halogens is 1. The molecule has 0 aromatic rings. The number of aliphatic hydroxyl groups excluding tert-OH is 1. The van der Waals surface area contributed by atoms with Gasteiger partial charge >= 0.3 is 0 Å². The lowest BCUT2D eigenvalue weighted by molar-refractivity contribution is -0.133. The zero-order valence-electron chi connectivity index (χ0n) is 5.96. The van der Waals surface area contributed by atoms with Crippen molar-refractivity contribution in [2.24, 2.45) is 11.5 Å². The van der Waals surface area contributed by atoms with Gasteiger partial charge < -0.3 is 16.6 Å². The second kappa shape index (κ2) is 2.42. The van der Waals surface area contributed by atoms with Crippen LogP contribution in [0.1, 0.15) is 12.8 Å². The van der Waals surface area contributed by atoms with Gasteiger partial charge in [-0.15, -0.1) is 0 Å². The van der Waals surface area contributed by atoms with E-state index in [0.717, 1.165) is 0 Å². The molecule has 0 spiro atoms. The van der Waals surface area contributed by atoms with Crippen LogP contribution in [-0.2, 0) is 4.79 Å². The highest BCUT2D eigenvalue weighted by Gasteiger charge is 2.48. The van der Waals surface area contributed by atoms with Crippen molar-refractivity contribution in [3.05, 3.63) is 0 Å². The normalized spacial score (nSPS) is 39.4. The smallest absolute Gasteiger partial charge is 0.248 e. The van der Waals surface area contributed by atoms with E-state index in [4.69, 9.17) is 16.6 Å². The molecule has 11 heavy (non-hydrogen) atoms. The molecule has 1 aliphatic rings. The van der Waals surface area contributed by atoms with Crippen molar-refractivity contribution in [2.45, 2.75) is 30.7 Å². The number of nitrogens with two attached hydrogens (primary N) is 2. The van der Waals surface area contributed by atoms with Crippen molar-refractivity contribution in [2.75, 3.05) is 0 Å². The summed E-state index contributed by atoms with van der Waals surface area (Å²) in [6, 6.07) is 0. The summed E-state index contributed by atoms with van der Waals surface area (Å²) >= 11 is 0. The van der Waals surface area contributed by atoms with E-state index in [1.165, 1.54) is 0 Å².